The summed E-state index contributed by atoms with van der Waals surface area (Å²) in [6, 6.07) is 9.61. The zero-order valence-corrected chi connectivity index (χ0v) is 13.8. The lowest BCUT2D eigenvalue weighted by molar-refractivity contribution is 0.0942. The van der Waals surface area contributed by atoms with Crippen molar-refractivity contribution in [1.29, 1.82) is 0 Å². The minimum absolute atomic E-state index is 0.110. The van der Waals surface area contributed by atoms with Crippen LogP contribution in [0.5, 0.6) is 5.75 Å². The second-order valence-corrected chi connectivity index (χ2v) is 5.60. The minimum Gasteiger partial charge on any atom is -0.497 e. The van der Waals surface area contributed by atoms with Crippen LogP contribution < -0.4 is 10.1 Å². The third-order valence-electron chi connectivity index (χ3n) is 4.01. The number of nitrogens with one attached hydrogen (secondary N) is 1. The van der Waals surface area contributed by atoms with E-state index < -0.39 is 0 Å². The smallest absolute Gasteiger partial charge is 0.268 e. The highest BCUT2D eigenvalue weighted by Crippen LogP contribution is 2.23. The van der Waals surface area contributed by atoms with Gasteiger partial charge in [-0.1, -0.05) is 0 Å². The highest BCUT2D eigenvalue weighted by molar-refractivity contribution is 5.98. The van der Waals surface area contributed by atoms with E-state index in [0.717, 1.165) is 28.0 Å². The Morgan fingerprint density at radius 2 is 2.04 bits per heavy atom. The Morgan fingerprint density at radius 1 is 1.26 bits per heavy atom. The first-order chi connectivity index (χ1) is 11.0. The molecule has 0 aliphatic heterocycles. The van der Waals surface area contributed by atoms with Crippen LogP contribution in [0.2, 0.25) is 0 Å². The van der Waals surface area contributed by atoms with Gasteiger partial charge in [-0.2, -0.15) is 5.10 Å². The first kappa shape index (κ1) is 15.1. The van der Waals surface area contributed by atoms with E-state index in [1.165, 1.54) is 0 Å². The number of carbonyl (C=O) groups is 1. The van der Waals surface area contributed by atoms with Crippen molar-refractivity contribution < 1.29 is 9.53 Å². The largest absolute Gasteiger partial charge is 0.497 e. The molecule has 3 aromatic rings. The molecule has 6 nitrogen and oxygen atoms in total. The van der Waals surface area contributed by atoms with Crippen molar-refractivity contribution >= 4 is 16.8 Å². The summed E-state index contributed by atoms with van der Waals surface area (Å²) in [5.41, 5.74) is 3.52. The third kappa shape index (κ3) is 2.79. The number of fused-ring (bicyclic) bond motifs is 1. The number of methoxy groups -OCH3 is 1. The molecule has 1 N–H and O–H groups in total. The number of rotatable bonds is 4. The van der Waals surface area contributed by atoms with E-state index in [1.54, 1.807) is 11.8 Å². The quantitative estimate of drug-likeness (QED) is 0.803. The Morgan fingerprint density at radius 3 is 2.70 bits per heavy atom. The van der Waals surface area contributed by atoms with Crippen LogP contribution in [0.15, 0.2) is 30.3 Å². The number of amides is 1. The van der Waals surface area contributed by atoms with Gasteiger partial charge in [0.25, 0.3) is 5.91 Å². The van der Waals surface area contributed by atoms with Crippen LogP contribution in [-0.2, 0) is 20.6 Å². The van der Waals surface area contributed by atoms with Crippen molar-refractivity contribution in [3.8, 4) is 5.75 Å². The second-order valence-electron chi connectivity index (χ2n) is 5.60. The summed E-state index contributed by atoms with van der Waals surface area (Å²) in [5.74, 6) is 0.668. The number of nitrogens with zero attached hydrogens (tertiary/aromatic N) is 3. The van der Waals surface area contributed by atoms with Crippen LogP contribution >= 0.6 is 0 Å². The average molecular weight is 312 g/mol. The molecule has 0 aliphatic carbocycles. The zero-order valence-electron chi connectivity index (χ0n) is 13.8. The molecule has 2 heterocycles. The Hall–Kier alpha value is -2.76. The molecular formula is C17H20N4O2. The normalized spacial score (nSPS) is 11.0. The lowest BCUT2D eigenvalue weighted by atomic mass is 10.2. The second kappa shape index (κ2) is 5.79. The molecule has 6 heteroatoms. The Balaban J connectivity index is 1.83. The topological polar surface area (TPSA) is 61.1 Å². The van der Waals surface area contributed by atoms with Gasteiger partial charge in [-0.15, -0.1) is 0 Å². The fourth-order valence-corrected chi connectivity index (χ4v) is 2.76. The molecule has 0 aliphatic rings. The van der Waals surface area contributed by atoms with E-state index in [4.69, 9.17) is 4.74 Å². The van der Waals surface area contributed by atoms with Gasteiger partial charge in [0.1, 0.15) is 11.4 Å². The van der Waals surface area contributed by atoms with Gasteiger partial charge in [-0.25, -0.2) is 0 Å². The number of aromatic nitrogens is 3. The summed E-state index contributed by atoms with van der Waals surface area (Å²) in [5, 5.41) is 8.21. The van der Waals surface area contributed by atoms with Crippen molar-refractivity contribution in [2.75, 3.05) is 7.11 Å². The summed E-state index contributed by atoms with van der Waals surface area (Å²) < 4.78 is 8.90. The first-order valence-electron chi connectivity index (χ1n) is 7.41. The molecule has 1 amide bonds. The van der Waals surface area contributed by atoms with Crippen LogP contribution in [0.1, 0.15) is 21.9 Å². The molecule has 0 saturated heterocycles. The minimum atomic E-state index is -0.110. The van der Waals surface area contributed by atoms with Crippen LogP contribution in [0, 0.1) is 6.92 Å². The van der Waals surface area contributed by atoms with E-state index in [0.29, 0.717) is 12.2 Å². The molecule has 23 heavy (non-hydrogen) atoms. The van der Waals surface area contributed by atoms with Crippen LogP contribution in [-0.4, -0.2) is 27.4 Å². The molecule has 1 aromatic carbocycles. The standard InChI is InChI=1S/C17H20N4O2/c1-11-7-13(21(3)19-11)10-18-17(22)16-9-12-8-14(23-4)5-6-15(12)20(16)2/h5-9H,10H2,1-4H3,(H,18,22). The van der Waals surface area contributed by atoms with Gasteiger partial charge in [-0.3, -0.25) is 9.48 Å². The van der Waals surface area contributed by atoms with Crippen LogP contribution in [0.4, 0.5) is 0 Å². The van der Waals surface area contributed by atoms with Gasteiger partial charge >= 0.3 is 0 Å². The maximum atomic E-state index is 12.5. The van der Waals surface area contributed by atoms with Crippen molar-refractivity contribution in [3.05, 3.63) is 47.4 Å². The molecule has 0 spiro atoms. The van der Waals surface area contributed by atoms with Crippen molar-refractivity contribution in [2.45, 2.75) is 13.5 Å². The van der Waals surface area contributed by atoms with Crippen molar-refractivity contribution in [3.63, 3.8) is 0 Å². The van der Waals surface area contributed by atoms with Crippen molar-refractivity contribution in [2.24, 2.45) is 14.1 Å². The van der Waals surface area contributed by atoms with Gasteiger partial charge in [0, 0.05) is 25.0 Å². The molecule has 3 rings (SSSR count). The number of hydrogen-bond acceptors (Lipinski definition) is 3. The molecule has 0 saturated carbocycles. The highest BCUT2D eigenvalue weighted by Gasteiger charge is 2.14. The van der Waals surface area contributed by atoms with Crippen molar-refractivity contribution in [1.82, 2.24) is 19.7 Å². The number of hydrogen-bond donors (Lipinski definition) is 1. The molecule has 0 bridgehead atoms. The number of ether oxygens (including phenoxy) is 1. The van der Waals surface area contributed by atoms with Gasteiger partial charge in [0.05, 0.1) is 25.0 Å². The van der Waals surface area contributed by atoms with Gasteiger partial charge in [0.15, 0.2) is 0 Å². The van der Waals surface area contributed by atoms with E-state index in [1.807, 2.05) is 55.9 Å². The van der Waals surface area contributed by atoms with Gasteiger partial charge in [-0.05, 0) is 37.3 Å². The number of carbonyl (C=O) groups excluding carboxylic acids is 1. The van der Waals surface area contributed by atoms with E-state index in [9.17, 15) is 4.79 Å². The monoisotopic (exact) mass is 312 g/mol. The molecule has 0 atom stereocenters. The number of benzene rings is 1. The maximum Gasteiger partial charge on any atom is 0.268 e. The molecule has 0 unspecified atom stereocenters. The predicted octanol–water partition coefficient (Wildman–Crippen LogP) is 2.16. The maximum absolute atomic E-state index is 12.5. The zero-order chi connectivity index (χ0) is 16.6. The van der Waals surface area contributed by atoms with Crippen LogP contribution in [0.25, 0.3) is 10.9 Å². The van der Waals surface area contributed by atoms with E-state index in [-0.39, 0.29) is 5.91 Å². The molecule has 0 radical (unpaired) electrons. The Labute approximate surface area is 134 Å². The predicted molar refractivity (Wildman–Crippen MR) is 88.6 cm³/mol. The summed E-state index contributed by atoms with van der Waals surface area (Å²) in [6.07, 6.45) is 0. The summed E-state index contributed by atoms with van der Waals surface area (Å²) in [4.78, 5) is 12.5. The summed E-state index contributed by atoms with van der Waals surface area (Å²) >= 11 is 0. The number of aryl methyl sites for hydroxylation is 3. The van der Waals surface area contributed by atoms with Crippen LogP contribution in [0.3, 0.4) is 0 Å². The molecule has 0 fully saturated rings. The first-order valence-corrected chi connectivity index (χ1v) is 7.41. The summed E-state index contributed by atoms with van der Waals surface area (Å²) in [7, 11) is 5.39. The lowest BCUT2D eigenvalue weighted by Gasteiger charge is -2.07. The SMILES string of the molecule is COc1ccc2c(c1)cc(C(=O)NCc1cc(C)nn1C)n2C. The van der Waals surface area contributed by atoms with E-state index in [2.05, 4.69) is 10.4 Å². The molecule has 120 valence electrons. The molecular weight excluding hydrogens is 292 g/mol. The Kier molecular flexibility index (Phi) is 3.82. The Bertz CT molecular complexity index is 876. The van der Waals surface area contributed by atoms with Gasteiger partial charge in [0.2, 0.25) is 0 Å². The fourth-order valence-electron chi connectivity index (χ4n) is 2.76. The molecule has 2 aromatic heterocycles. The third-order valence-corrected chi connectivity index (χ3v) is 4.01. The highest BCUT2D eigenvalue weighted by atomic mass is 16.5. The summed E-state index contributed by atoms with van der Waals surface area (Å²) in [6.45, 7) is 2.38. The van der Waals surface area contributed by atoms with Gasteiger partial charge < -0.3 is 14.6 Å². The van der Waals surface area contributed by atoms with E-state index >= 15 is 0 Å². The fraction of sp³-hybridized carbons (Fsp3) is 0.294. The average Bonchev–Trinajstić information content (AvgIpc) is 3.03. The lowest BCUT2D eigenvalue weighted by Crippen LogP contribution is -2.25.